The number of amides is 1. The maximum atomic E-state index is 12.5. The van der Waals surface area contributed by atoms with E-state index in [1.807, 2.05) is 10.7 Å². The first-order valence-electron chi connectivity index (χ1n) is 8.24. The minimum Gasteiger partial charge on any atom is -0.377 e. The van der Waals surface area contributed by atoms with Crippen LogP contribution in [0.4, 0.5) is 5.82 Å². The van der Waals surface area contributed by atoms with Crippen LogP contribution in [0.2, 0.25) is 0 Å². The van der Waals surface area contributed by atoms with Gasteiger partial charge in [-0.2, -0.15) is 5.10 Å². The maximum absolute atomic E-state index is 12.5. The van der Waals surface area contributed by atoms with Crippen LogP contribution in [0.3, 0.4) is 0 Å². The number of ether oxygens (including phenoxy) is 1. The number of hydrogen-bond acceptors (Lipinski definition) is 4. The van der Waals surface area contributed by atoms with Crippen molar-refractivity contribution < 1.29 is 9.53 Å². The van der Waals surface area contributed by atoms with E-state index in [1.165, 1.54) is 12.8 Å². The number of carbonyl (C=O) groups is 1. The Morgan fingerprint density at radius 2 is 2.18 bits per heavy atom. The van der Waals surface area contributed by atoms with E-state index in [-0.39, 0.29) is 17.5 Å². The van der Waals surface area contributed by atoms with Gasteiger partial charge < -0.3 is 15.0 Å². The summed E-state index contributed by atoms with van der Waals surface area (Å²) < 4.78 is 7.50. The fourth-order valence-electron chi connectivity index (χ4n) is 3.91. The highest BCUT2D eigenvalue weighted by Crippen LogP contribution is 2.47. The summed E-state index contributed by atoms with van der Waals surface area (Å²) in [6.07, 6.45) is 2.46. The van der Waals surface area contributed by atoms with Crippen LogP contribution in [0.15, 0.2) is 6.07 Å². The Morgan fingerprint density at radius 1 is 1.41 bits per heavy atom. The van der Waals surface area contributed by atoms with E-state index < -0.39 is 0 Å². The molecule has 2 aliphatic heterocycles. The predicted octanol–water partition coefficient (Wildman–Crippen LogP) is 1.58. The molecule has 1 aromatic rings. The van der Waals surface area contributed by atoms with E-state index >= 15 is 0 Å². The highest BCUT2D eigenvalue weighted by molar-refractivity contribution is 5.95. The normalized spacial score (nSPS) is 30.9. The molecule has 1 amide bonds. The van der Waals surface area contributed by atoms with Gasteiger partial charge in [-0.3, -0.25) is 9.48 Å². The van der Waals surface area contributed by atoms with Crippen molar-refractivity contribution in [3.05, 3.63) is 11.8 Å². The third kappa shape index (κ3) is 2.12. The van der Waals surface area contributed by atoms with E-state index in [1.54, 1.807) is 0 Å². The lowest BCUT2D eigenvalue weighted by atomic mass is 9.88. The summed E-state index contributed by atoms with van der Waals surface area (Å²) in [6, 6.07) is 2.49. The first-order valence-corrected chi connectivity index (χ1v) is 8.24. The molecule has 1 aromatic heterocycles. The van der Waals surface area contributed by atoms with Crippen molar-refractivity contribution in [2.75, 3.05) is 24.7 Å². The minimum absolute atomic E-state index is 0.0124. The second-order valence-corrected chi connectivity index (χ2v) is 7.41. The number of fused-ring (bicyclic) bond motifs is 1. The van der Waals surface area contributed by atoms with Crippen molar-refractivity contribution in [1.29, 1.82) is 0 Å². The van der Waals surface area contributed by atoms with Gasteiger partial charge in [0, 0.05) is 12.6 Å². The summed E-state index contributed by atoms with van der Waals surface area (Å²) in [6.45, 7) is 8.61. The molecule has 0 unspecified atom stereocenters. The van der Waals surface area contributed by atoms with Crippen LogP contribution >= 0.6 is 0 Å². The van der Waals surface area contributed by atoms with Crippen LogP contribution < -0.4 is 10.2 Å². The summed E-state index contributed by atoms with van der Waals surface area (Å²) in [5.74, 6) is 1.52. The summed E-state index contributed by atoms with van der Waals surface area (Å²) in [4.78, 5) is 14.7. The molecule has 0 bridgehead atoms. The van der Waals surface area contributed by atoms with E-state index in [9.17, 15) is 4.79 Å². The van der Waals surface area contributed by atoms with Crippen LogP contribution in [0.5, 0.6) is 0 Å². The first kappa shape index (κ1) is 14.1. The van der Waals surface area contributed by atoms with Gasteiger partial charge in [-0.15, -0.1) is 0 Å². The van der Waals surface area contributed by atoms with Gasteiger partial charge in [0.2, 0.25) is 0 Å². The van der Waals surface area contributed by atoms with Crippen LogP contribution in [-0.4, -0.2) is 47.0 Å². The van der Waals surface area contributed by atoms with E-state index in [0.717, 1.165) is 19.0 Å². The topological polar surface area (TPSA) is 59.4 Å². The number of nitrogens with zero attached hydrogens (tertiary/aromatic N) is 3. The molecule has 0 spiro atoms. The number of carbonyl (C=O) groups excluding carboxylic acids is 1. The first-order chi connectivity index (χ1) is 10.5. The SMILES string of the molecule is C[C@@H]1COCCN1c1cc2n(n1)[C@@H](C1CC1)C(C)(C)NC2=O. The molecule has 0 radical (unpaired) electrons. The summed E-state index contributed by atoms with van der Waals surface area (Å²) in [5.41, 5.74) is 0.454. The minimum atomic E-state index is -0.245. The molecule has 3 aliphatic rings. The zero-order valence-electron chi connectivity index (χ0n) is 13.5. The average molecular weight is 304 g/mol. The fraction of sp³-hybridized carbons (Fsp3) is 0.750. The Labute approximate surface area is 130 Å². The van der Waals surface area contributed by atoms with Crippen molar-refractivity contribution in [3.8, 4) is 0 Å². The van der Waals surface area contributed by atoms with Crippen molar-refractivity contribution in [2.24, 2.45) is 5.92 Å². The monoisotopic (exact) mass is 304 g/mol. The molecule has 4 rings (SSSR count). The van der Waals surface area contributed by atoms with E-state index in [2.05, 4.69) is 31.0 Å². The molecule has 120 valence electrons. The van der Waals surface area contributed by atoms with Crippen molar-refractivity contribution in [1.82, 2.24) is 15.1 Å². The van der Waals surface area contributed by atoms with Crippen molar-refractivity contribution in [2.45, 2.75) is 51.2 Å². The zero-order valence-corrected chi connectivity index (χ0v) is 13.5. The van der Waals surface area contributed by atoms with Crippen LogP contribution in [-0.2, 0) is 4.74 Å². The third-order valence-corrected chi connectivity index (χ3v) is 5.12. The standard InChI is InChI=1S/C16H24N4O2/c1-10-9-22-7-6-19(10)13-8-12-15(21)17-16(2,3)14(11-4-5-11)20(12)18-13/h8,10-11,14H,4-7,9H2,1-3H3,(H,17,21)/t10-,14+/m1/s1. The number of aromatic nitrogens is 2. The second kappa shape index (κ2) is 4.72. The largest absolute Gasteiger partial charge is 0.377 e. The summed E-state index contributed by atoms with van der Waals surface area (Å²) >= 11 is 0. The number of nitrogens with one attached hydrogen (secondary N) is 1. The van der Waals surface area contributed by atoms with E-state index in [4.69, 9.17) is 9.84 Å². The van der Waals surface area contributed by atoms with Gasteiger partial charge in [0.1, 0.15) is 5.69 Å². The molecule has 1 aliphatic carbocycles. The molecule has 6 nitrogen and oxygen atoms in total. The quantitative estimate of drug-likeness (QED) is 0.901. The molecule has 1 N–H and O–H groups in total. The number of hydrogen-bond donors (Lipinski definition) is 1. The van der Waals surface area contributed by atoms with Gasteiger partial charge in [0.25, 0.3) is 5.91 Å². The summed E-state index contributed by atoms with van der Waals surface area (Å²) in [5, 5.41) is 8.01. The molecule has 3 heterocycles. The van der Waals surface area contributed by atoms with Crippen LogP contribution in [0.1, 0.15) is 50.1 Å². The summed E-state index contributed by atoms with van der Waals surface area (Å²) in [7, 11) is 0. The van der Waals surface area contributed by atoms with Gasteiger partial charge in [0.05, 0.1) is 30.8 Å². The lowest BCUT2D eigenvalue weighted by Gasteiger charge is -2.40. The number of morpholine rings is 1. The molecule has 6 heteroatoms. The van der Waals surface area contributed by atoms with Crippen molar-refractivity contribution >= 4 is 11.7 Å². The number of anilines is 1. The maximum Gasteiger partial charge on any atom is 0.270 e. The Kier molecular flexibility index (Phi) is 3.01. The highest BCUT2D eigenvalue weighted by Gasteiger charge is 2.48. The predicted molar refractivity (Wildman–Crippen MR) is 83.2 cm³/mol. The lowest BCUT2D eigenvalue weighted by Crippen LogP contribution is -2.55. The average Bonchev–Trinajstić information content (AvgIpc) is 3.16. The van der Waals surface area contributed by atoms with Gasteiger partial charge in [0.15, 0.2) is 5.82 Å². The van der Waals surface area contributed by atoms with Crippen molar-refractivity contribution in [3.63, 3.8) is 0 Å². The Morgan fingerprint density at radius 3 is 2.86 bits per heavy atom. The Bertz CT molecular complexity index is 605. The number of rotatable bonds is 2. The Balaban J connectivity index is 1.74. The van der Waals surface area contributed by atoms with Gasteiger partial charge in [-0.1, -0.05) is 0 Å². The van der Waals surface area contributed by atoms with Gasteiger partial charge in [-0.25, -0.2) is 0 Å². The fourth-order valence-corrected chi connectivity index (χ4v) is 3.91. The second-order valence-electron chi connectivity index (χ2n) is 7.41. The van der Waals surface area contributed by atoms with Gasteiger partial charge >= 0.3 is 0 Å². The van der Waals surface area contributed by atoms with Crippen LogP contribution in [0, 0.1) is 5.92 Å². The molecule has 22 heavy (non-hydrogen) atoms. The molecule has 2 fully saturated rings. The third-order valence-electron chi connectivity index (χ3n) is 5.12. The van der Waals surface area contributed by atoms with Crippen LogP contribution in [0.25, 0.3) is 0 Å². The molecule has 0 aromatic carbocycles. The Hall–Kier alpha value is -1.56. The highest BCUT2D eigenvalue weighted by atomic mass is 16.5. The smallest absolute Gasteiger partial charge is 0.270 e. The molecular weight excluding hydrogens is 280 g/mol. The zero-order chi connectivity index (χ0) is 15.5. The molecule has 1 saturated carbocycles. The van der Waals surface area contributed by atoms with Gasteiger partial charge in [-0.05, 0) is 39.5 Å². The van der Waals surface area contributed by atoms with E-state index in [0.29, 0.717) is 24.3 Å². The molecule has 1 saturated heterocycles. The lowest BCUT2D eigenvalue weighted by molar-refractivity contribution is 0.0782. The molecule has 2 atom stereocenters. The molecular formula is C16H24N4O2.